The standard InChI is InChI=1S/C28H43NO6/c1-26(2,3)33-23(30)17-20-12-10-11-19(15-20)16-22(24(31)34-27(4,5)6)21-13-14-29(18-21)25(32)35-28(7,8)9/h10-12,15,21-22H,13-14,16-18H2,1-9H3/t21-,22-/m0/s1. The lowest BCUT2D eigenvalue weighted by atomic mass is 9.85. The maximum absolute atomic E-state index is 13.2. The zero-order valence-corrected chi connectivity index (χ0v) is 22.9. The number of carbonyl (C=O) groups is 3. The number of rotatable bonds is 6. The summed E-state index contributed by atoms with van der Waals surface area (Å²) < 4.78 is 16.7. The largest absolute Gasteiger partial charge is 0.460 e. The fraction of sp³-hybridized carbons (Fsp3) is 0.679. The fourth-order valence-electron chi connectivity index (χ4n) is 4.09. The van der Waals surface area contributed by atoms with Crippen LogP contribution in [0, 0.1) is 11.8 Å². The number of amides is 1. The molecule has 0 aromatic heterocycles. The van der Waals surface area contributed by atoms with Gasteiger partial charge in [0.15, 0.2) is 0 Å². The molecule has 0 spiro atoms. The number of hydrogen-bond acceptors (Lipinski definition) is 6. The normalized spacial score (nSPS) is 17.6. The first-order chi connectivity index (χ1) is 15.9. The molecule has 1 amide bonds. The van der Waals surface area contributed by atoms with Crippen LogP contribution in [0.2, 0.25) is 0 Å². The van der Waals surface area contributed by atoms with Crippen molar-refractivity contribution in [1.82, 2.24) is 4.90 Å². The Morgan fingerprint density at radius 1 is 0.886 bits per heavy atom. The molecule has 0 saturated carbocycles. The van der Waals surface area contributed by atoms with E-state index in [2.05, 4.69) is 0 Å². The van der Waals surface area contributed by atoms with E-state index >= 15 is 0 Å². The molecule has 0 bridgehead atoms. The number of likely N-dealkylation sites (tertiary alicyclic amines) is 1. The van der Waals surface area contributed by atoms with E-state index in [1.165, 1.54) is 0 Å². The molecule has 2 rings (SSSR count). The molecule has 1 heterocycles. The topological polar surface area (TPSA) is 82.1 Å². The molecule has 0 radical (unpaired) electrons. The third kappa shape index (κ3) is 10.3. The Morgan fingerprint density at radius 2 is 1.46 bits per heavy atom. The minimum absolute atomic E-state index is 0.0492. The lowest BCUT2D eigenvalue weighted by Crippen LogP contribution is -2.38. The van der Waals surface area contributed by atoms with E-state index in [-0.39, 0.29) is 30.4 Å². The average molecular weight is 490 g/mol. The van der Waals surface area contributed by atoms with Crippen molar-refractivity contribution in [2.24, 2.45) is 11.8 Å². The van der Waals surface area contributed by atoms with Crippen molar-refractivity contribution in [2.75, 3.05) is 13.1 Å². The Hall–Kier alpha value is -2.57. The Balaban J connectivity index is 2.18. The summed E-state index contributed by atoms with van der Waals surface area (Å²) in [4.78, 5) is 39.8. The minimum Gasteiger partial charge on any atom is -0.460 e. The third-order valence-corrected chi connectivity index (χ3v) is 5.37. The molecule has 7 heteroatoms. The van der Waals surface area contributed by atoms with Gasteiger partial charge in [-0.3, -0.25) is 9.59 Å². The zero-order valence-electron chi connectivity index (χ0n) is 22.9. The van der Waals surface area contributed by atoms with Gasteiger partial charge in [0.2, 0.25) is 0 Å². The van der Waals surface area contributed by atoms with E-state index in [9.17, 15) is 14.4 Å². The number of benzene rings is 1. The number of hydrogen-bond donors (Lipinski definition) is 0. The third-order valence-electron chi connectivity index (χ3n) is 5.37. The van der Waals surface area contributed by atoms with Crippen LogP contribution in [0.25, 0.3) is 0 Å². The predicted octanol–water partition coefficient (Wildman–Crippen LogP) is 5.33. The molecular weight excluding hydrogens is 446 g/mol. The summed E-state index contributed by atoms with van der Waals surface area (Å²) in [5, 5.41) is 0. The van der Waals surface area contributed by atoms with Crippen molar-refractivity contribution in [3.8, 4) is 0 Å². The van der Waals surface area contributed by atoms with Gasteiger partial charge < -0.3 is 19.1 Å². The van der Waals surface area contributed by atoms with Crippen LogP contribution < -0.4 is 0 Å². The molecule has 35 heavy (non-hydrogen) atoms. The number of ether oxygens (including phenoxy) is 3. The fourth-order valence-corrected chi connectivity index (χ4v) is 4.09. The van der Waals surface area contributed by atoms with Crippen LogP contribution in [-0.2, 0) is 36.6 Å². The Labute approximate surface area is 210 Å². The predicted molar refractivity (Wildman–Crippen MR) is 135 cm³/mol. The molecule has 2 atom stereocenters. The minimum atomic E-state index is -0.614. The van der Waals surface area contributed by atoms with Crippen LogP contribution in [0.3, 0.4) is 0 Å². The van der Waals surface area contributed by atoms with Gasteiger partial charge in [0, 0.05) is 13.1 Å². The summed E-state index contributed by atoms with van der Waals surface area (Å²) in [6.45, 7) is 17.6. The van der Waals surface area contributed by atoms with Gasteiger partial charge >= 0.3 is 18.0 Å². The van der Waals surface area contributed by atoms with Gasteiger partial charge in [0.25, 0.3) is 0 Å². The van der Waals surface area contributed by atoms with Crippen molar-refractivity contribution >= 4 is 18.0 Å². The van der Waals surface area contributed by atoms with Gasteiger partial charge in [0.1, 0.15) is 16.8 Å². The molecule has 0 aliphatic carbocycles. The summed E-state index contributed by atoms with van der Waals surface area (Å²) in [7, 11) is 0. The average Bonchev–Trinajstić information content (AvgIpc) is 3.12. The second-order valence-corrected chi connectivity index (χ2v) is 12.4. The second kappa shape index (κ2) is 11.0. The molecule has 1 aromatic rings. The van der Waals surface area contributed by atoms with Crippen molar-refractivity contribution in [3.63, 3.8) is 0 Å². The van der Waals surface area contributed by atoms with Gasteiger partial charge in [0.05, 0.1) is 12.3 Å². The van der Waals surface area contributed by atoms with Crippen molar-refractivity contribution < 1.29 is 28.6 Å². The second-order valence-electron chi connectivity index (χ2n) is 12.4. The molecular formula is C28H43NO6. The van der Waals surface area contributed by atoms with Crippen molar-refractivity contribution in [2.45, 2.75) is 98.4 Å². The summed E-state index contributed by atoms with van der Waals surface area (Å²) in [5.74, 6) is -1.03. The maximum Gasteiger partial charge on any atom is 0.410 e. The van der Waals surface area contributed by atoms with Crippen LogP contribution >= 0.6 is 0 Å². The molecule has 1 saturated heterocycles. The quantitative estimate of drug-likeness (QED) is 0.397. The lowest BCUT2D eigenvalue weighted by molar-refractivity contribution is -0.162. The molecule has 1 aliphatic rings. The summed E-state index contributed by atoms with van der Waals surface area (Å²) in [6, 6.07) is 7.68. The number of carbonyl (C=O) groups excluding carboxylic acids is 3. The van der Waals surface area contributed by atoms with Crippen LogP contribution in [0.5, 0.6) is 0 Å². The Bertz CT molecular complexity index is 903. The highest BCUT2D eigenvalue weighted by atomic mass is 16.6. The molecule has 1 fully saturated rings. The smallest absolute Gasteiger partial charge is 0.410 e. The van der Waals surface area contributed by atoms with Gasteiger partial charge in [-0.1, -0.05) is 24.3 Å². The molecule has 1 aliphatic heterocycles. The van der Waals surface area contributed by atoms with Crippen LogP contribution in [0.15, 0.2) is 24.3 Å². The summed E-state index contributed by atoms with van der Waals surface area (Å²) in [6.07, 6.45) is 0.963. The van der Waals surface area contributed by atoms with E-state index in [1.807, 2.05) is 86.6 Å². The highest BCUT2D eigenvalue weighted by Gasteiger charge is 2.39. The molecule has 1 aromatic carbocycles. The van der Waals surface area contributed by atoms with E-state index in [0.29, 0.717) is 25.9 Å². The van der Waals surface area contributed by atoms with Gasteiger partial charge in [-0.25, -0.2) is 4.79 Å². The van der Waals surface area contributed by atoms with E-state index < -0.39 is 22.7 Å². The van der Waals surface area contributed by atoms with Crippen LogP contribution in [0.4, 0.5) is 4.79 Å². The lowest BCUT2D eigenvalue weighted by Gasteiger charge is -2.28. The number of nitrogens with zero attached hydrogens (tertiary/aromatic N) is 1. The monoisotopic (exact) mass is 489 g/mol. The summed E-state index contributed by atoms with van der Waals surface area (Å²) >= 11 is 0. The molecule has 7 nitrogen and oxygen atoms in total. The molecule has 0 N–H and O–H groups in total. The summed E-state index contributed by atoms with van der Waals surface area (Å²) in [5.41, 5.74) is 0.0455. The highest BCUT2D eigenvalue weighted by Crippen LogP contribution is 2.31. The molecule has 196 valence electrons. The van der Waals surface area contributed by atoms with E-state index in [4.69, 9.17) is 14.2 Å². The first-order valence-electron chi connectivity index (χ1n) is 12.4. The Kier molecular flexibility index (Phi) is 9.01. The highest BCUT2D eigenvalue weighted by molar-refractivity contribution is 5.75. The van der Waals surface area contributed by atoms with Crippen molar-refractivity contribution in [1.29, 1.82) is 0 Å². The van der Waals surface area contributed by atoms with Gasteiger partial charge in [-0.2, -0.15) is 0 Å². The Morgan fingerprint density at radius 3 is 2.03 bits per heavy atom. The van der Waals surface area contributed by atoms with Crippen LogP contribution in [0.1, 0.15) is 79.9 Å². The van der Waals surface area contributed by atoms with E-state index in [1.54, 1.807) is 4.90 Å². The molecule has 0 unspecified atom stereocenters. The van der Waals surface area contributed by atoms with E-state index in [0.717, 1.165) is 11.1 Å². The van der Waals surface area contributed by atoms with Gasteiger partial charge in [-0.15, -0.1) is 0 Å². The first kappa shape index (κ1) is 28.7. The number of esters is 2. The maximum atomic E-state index is 13.2. The zero-order chi connectivity index (χ0) is 26.6. The van der Waals surface area contributed by atoms with Crippen molar-refractivity contribution in [3.05, 3.63) is 35.4 Å². The van der Waals surface area contributed by atoms with Crippen LogP contribution in [-0.4, -0.2) is 52.8 Å². The first-order valence-corrected chi connectivity index (χ1v) is 12.4. The SMILES string of the molecule is CC(C)(C)OC(=O)Cc1cccc(C[C@H](C(=O)OC(C)(C)C)[C@H]2CCN(C(=O)OC(C)(C)C)C2)c1. The van der Waals surface area contributed by atoms with Gasteiger partial charge in [-0.05, 0) is 92.2 Å².